The third-order valence-corrected chi connectivity index (χ3v) is 2.91. The van der Waals surface area contributed by atoms with Gasteiger partial charge in [-0.1, -0.05) is 0 Å². The average Bonchev–Trinajstić information content (AvgIpc) is 2.53. The number of hydrogen-bond acceptors (Lipinski definition) is 2. The average molecular weight is 205 g/mol. The van der Waals surface area contributed by atoms with E-state index in [4.69, 9.17) is 4.74 Å². The van der Waals surface area contributed by atoms with Crippen molar-refractivity contribution in [3.05, 3.63) is 0 Å². The number of carbonyl (C=O) groups excluding carboxylic acids is 1. The lowest BCUT2D eigenvalue weighted by atomic mass is 10.0. The lowest BCUT2D eigenvalue weighted by Crippen LogP contribution is -2.47. The highest BCUT2D eigenvalue weighted by Gasteiger charge is 2.38. The van der Waals surface area contributed by atoms with Crippen molar-refractivity contribution >= 4 is 5.91 Å². The molecule has 80 valence electrons. The van der Waals surface area contributed by atoms with E-state index in [1.165, 1.54) is 0 Å². The molecule has 3 unspecified atom stereocenters. The molecular formula is C9H13F2NO2. The van der Waals surface area contributed by atoms with E-state index in [0.29, 0.717) is 6.10 Å². The number of amides is 1. The molecule has 0 radical (unpaired) electrons. The Hall–Kier alpha value is -0.710. The molecule has 2 fully saturated rings. The van der Waals surface area contributed by atoms with Gasteiger partial charge in [0.05, 0.1) is 18.2 Å². The summed E-state index contributed by atoms with van der Waals surface area (Å²) in [5.74, 6) is -1.18. The number of ether oxygens (including phenoxy) is 1. The highest BCUT2D eigenvalue weighted by Crippen LogP contribution is 2.32. The predicted octanol–water partition coefficient (Wildman–Crippen LogP) is 1.08. The van der Waals surface area contributed by atoms with Gasteiger partial charge in [0.1, 0.15) is 0 Å². The minimum Gasteiger partial charge on any atom is -0.373 e. The van der Waals surface area contributed by atoms with Crippen molar-refractivity contribution in [1.82, 2.24) is 5.32 Å². The Morgan fingerprint density at radius 1 is 1.29 bits per heavy atom. The molecule has 3 atom stereocenters. The zero-order valence-electron chi connectivity index (χ0n) is 7.71. The first-order valence-corrected chi connectivity index (χ1v) is 4.91. The summed E-state index contributed by atoms with van der Waals surface area (Å²) in [7, 11) is 0. The van der Waals surface area contributed by atoms with Gasteiger partial charge in [0, 0.05) is 0 Å². The summed E-state index contributed by atoms with van der Waals surface area (Å²) in [4.78, 5) is 10.8. The number of nitrogens with one attached hydrogen (secondary N) is 1. The third kappa shape index (κ3) is 1.87. The van der Waals surface area contributed by atoms with Gasteiger partial charge in [0.25, 0.3) is 5.91 Å². The van der Waals surface area contributed by atoms with Gasteiger partial charge in [-0.15, -0.1) is 0 Å². The molecular weight excluding hydrogens is 192 g/mol. The summed E-state index contributed by atoms with van der Waals surface area (Å²) >= 11 is 0. The molecule has 3 nitrogen and oxygen atoms in total. The Labute approximate surface area is 80.8 Å². The predicted molar refractivity (Wildman–Crippen MR) is 45.1 cm³/mol. The van der Waals surface area contributed by atoms with Crippen LogP contribution in [0.5, 0.6) is 0 Å². The van der Waals surface area contributed by atoms with Gasteiger partial charge in [-0.25, -0.2) is 0 Å². The van der Waals surface area contributed by atoms with Crippen molar-refractivity contribution in [2.24, 2.45) is 0 Å². The largest absolute Gasteiger partial charge is 0.373 e. The summed E-state index contributed by atoms with van der Waals surface area (Å²) in [6.07, 6.45) is 0.813. The van der Waals surface area contributed by atoms with Gasteiger partial charge in [0.15, 0.2) is 0 Å². The molecule has 0 aliphatic carbocycles. The van der Waals surface area contributed by atoms with Crippen LogP contribution in [0.25, 0.3) is 0 Å². The molecule has 2 rings (SSSR count). The zero-order valence-corrected chi connectivity index (χ0v) is 7.71. The Balaban J connectivity index is 1.89. The standard InChI is InChI=1S/C9H13F2NO2/c10-8(11)9(13)12-6-3-1-5-2-4-7(6)14-5/h5-8H,1-4H2,(H,12,13). The highest BCUT2D eigenvalue weighted by atomic mass is 19.3. The van der Waals surface area contributed by atoms with E-state index in [-0.39, 0.29) is 12.1 Å². The van der Waals surface area contributed by atoms with E-state index < -0.39 is 12.3 Å². The van der Waals surface area contributed by atoms with Gasteiger partial charge < -0.3 is 10.1 Å². The van der Waals surface area contributed by atoms with Crippen LogP contribution in [0, 0.1) is 0 Å². The van der Waals surface area contributed by atoms with Crippen molar-refractivity contribution in [2.45, 2.75) is 50.4 Å². The van der Waals surface area contributed by atoms with Crippen LogP contribution < -0.4 is 5.32 Å². The summed E-state index contributed by atoms with van der Waals surface area (Å²) in [6.45, 7) is 0. The van der Waals surface area contributed by atoms with Crippen LogP contribution >= 0.6 is 0 Å². The SMILES string of the molecule is O=C(NC1CCC2CCC1O2)C(F)F. The minimum absolute atomic E-state index is 0.0450. The van der Waals surface area contributed by atoms with Gasteiger partial charge >= 0.3 is 6.43 Å². The van der Waals surface area contributed by atoms with Crippen molar-refractivity contribution in [1.29, 1.82) is 0 Å². The monoisotopic (exact) mass is 205 g/mol. The summed E-state index contributed by atoms with van der Waals surface area (Å²) < 4.78 is 29.5. The Morgan fingerprint density at radius 2 is 2.00 bits per heavy atom. The van der Waals surface area contributed by atoms with Crippen LogP contribution in [0.1, 0.15) is 25.7 Å². The number of carbonyl (C=O) groups is 1. The molecule has 2 heterocycles. The van der Waals surface area contributed by atoms with Gasteiger partial charge in [0.2, 0.25) is 0 Å². The zero-order chi connectivity index (χ0) is 10.1. The van der Waals surface area contributed by atoms with Crippen molar-refractivity contribution in [3.63, 3.8) is 0 Å². The van der Waals surface area contributed by atoms with E-state index in [1.54, 1.807) is 0 Å². The molecule has 14 heavy (non-hydrogen) atoms. The smallest absolute Gasteiger partial charge is 0.315 e. The van der Waals surface area contributed by atoms with Gasteiger partial charge in [-0.3, -0.25) is 4.79 Å². The van der Waals surface area contributed by atoms with Gasteiger partial charge in [-0.2, -0.15) is 8.78 Å². The molecule has 2 bridgehead atoms. The second kappa shape index (κ2) is 3.81. The van der Waals surface area contributed by atoms with Crippen LogP contribution in [0.4, 0.5) is 8.78 Å². The fraction of sp³-hybridized carbons (Fsp3) is 0.889. The Kier molecular flexibility index (Phi) is 2.67. The number of fused-ring (bicyclic) bond motifs is 2. The maximum atomic E-state index is 12.0. The Morgan fingerprint density at radius 3 is 2.71 bits per heavy atom. The number of halogens is 2. The number of alkyl halides is 2. The van der Waals surface area contributed by atoms with E-state index in [9.17, 15) is 13.6 Å². The first-order valence-electron chi connectivity index (χ1n) is 4.91. The maximum Gasteiger partial charge on any atom is 0.315 e. The highest BCUT2D eigenvalue weighted by molar-refractivity contribution is 5.79. The molecule has 1 amide bonds. The van der Waals surface area contributed by atoms with Crippen molar-refractivity contribution in [2.75, 3.05) is 0 Å². The molecule has 0 aromatic rings. The molecule has 5 heteroatoms. The molecule has 0 spiro atoms. The van der Waals surface area contributed by atoms with Crippen LogP contribution in [0.3, 0.4) is 0 Å². The van der Waals surface area contributed by atoms with E-state index in [2.05, 4.69) is 5.32 Å². The molecule has 0 aromatic heterocycles. The van der Waals surface area contributed by atoms with Gasteiger partial charge in [-0.05, 0) is 25.7 Å². The van der Waals surface area contributed by atoms with Crippen molar-refractivity contribution in [3.8, 4) is 0 Å². The first-order chi connectivity index (χ1) is 6.66. The topological polar surface area (TPSA) is 38.3 Å². The van der Waals surface area contributed by atoms with E-state index in [0.717, 1.165) is 25.7 Å². The van der Waals surface area contributed by atoms with Crippen molar-refractivity contribution < 1.29 is 18.3 Å². The number of hydrogen-bond donors (Lipinski definition) is 1. The number of rotatable bonds is 2. The molecule has 2 aliphatic heterocycles. The molecule has 1 N–H and O–H groups in total. The second-order valence-corrected chi connectivity index (χ2v) is 3.87. The normalized spacial score (nSPS) is 36.1. The molecule has 0 aromatic carbocycles. The third-order valence-electron chi connectivity index (χ3n) is 2.91. The van der Waals surface area contributed by atoms with E-state index >= 15 is 0 Å². The van der Waals surface area contributed by atoms with Crippen LogP contribution in [0.2, 0.25) is 0 Å². The quantitative estimate of drug-likeness (QED) is 0.732. The minimum atomic E-state index is -2.92. The van der Waals surface area contributed by atoms with Crippen LogP contribution in [-0.2, 0) is 9.53 Å². The summed E-state index contributed by atoms with van der Waals surface area (Å²) in [6, 6.07) is -0.213. The lowest BCUT2D eigenvalue weighted by molar-refractivity contribution is -0.134. The fourth-order valence-corrected chi connectivity index (χ4v) is 2.20. The molecule has 2 saturated heterocycles. The van der Waals surface area contributed by atoms with Crippen LogP contribution in [0.15, 0.2) is 0 Å². The summed E-state index contributed by atoms with van der Waals surface area (Å²) in [5.41, 5.74) is 0. The van der Waals surface area contributed by atoms with Crippen LogP contribution in [-0.4, -0.2) is 30.6 Å². The van der Waals surface area contributed by atoms with E-state index in [1.807, 2.05) is 0 Å². The Bertz CT molecular complexity index is 235. The fourth-order valence-electron chi connectivity index (χ4n) is 2.20. The molecule has 0 saturated carbocycles. The maximum absolute atomic E-state index is 12.0. The summed E-state index contributed by atoms with van der Waals surface area (Å²) in [5, 5.41) is 2.33. The molecule has 2 aliphatic rings. The first kappa shape index (κ1) is 9.83. The lowest BCUT2D eigenvalue weighted by Gasteiger charge is -2.29. The second-order valence-electron chi connectivity index (χ2n) is 3.87.